The van der Waals surface area contributed by atoms with Crippen molar-refractivity contribution in [2.24, 2.45) is 0 Å². The molecule has 0 aromatic rings. The van der Waals surface area contributed by atoms with Gasteiger partial charge in [-0.2, -0.15) is 0 Å². The molecule has 0 saturated carbocycles. The highest BCUT2D eigenvalue weighted by Crippen LogP contribution is 2.18. The monoisotopic (exact) mass is 213 g/mol. The van der Waals surface area contributed by atoms with Crippen molar-refractivity contribution >= 4 is 5.91 Å². The lowest BCUT2D eigenvalue weighted by Gasteiger charge is -2.24. The van der Waals surface area contributed by atoms with Crippen LogP contribution in [0.2, 0.25) is 0 Å². The predicted octanol–water partition coefficient (Wildman–Crippen LogP) is 0.539. The number of ether oxygens (including phenoxy) is 1. The van der Waals surface area contributed by atoms with E-state index in [2.05, 4.69) is 0 Å². The smallest absolute Gasteiger partial charge is 0.225 e. The number of hydrogen-bond acceptors (Lipinski definition) is 3. The Bertz CT molecular complexity index is 226. The maximum atomic E-state index is 11.8. The largest absolute Gasteiger partial charge is 0.391 e. The van der Waals surface area contributed by atoms with Crippen LogP contribution < -0.4 is 0 Å². The zero-order chi connectivity index (χ0) is 10.7. The molecule has 2 saturated heterocycles. The fourth-order valence-corrected chi connectivity index (χ4v) is 2.26. The van der Waals surface area contributed by atoms with Gasteiger partial charge in [-0.1, -0.05) is 0 Å². The van der Waals surface area contributed by atoms with Crippen LogP contribution in [0.4, 0.5) is 0 Å². The maximum Gasteiger partial charge on any atom is 0.225 e. The molecule has 1 unspecified atom stereocenters. The Kier molecular flexibility index (Phi) is 3.59. The van der Waals surface area contributed by atoms with Gasteiger partial charge in [-0.15, -0.1) is 0 Å². The maximum absolute atomic E-state index is 11.8. The highest BCUT2D eigenvalue weighted by Gasteiger charge is 2.27. The molecule has 2 aliphatic heterocycles. The van der Waals surface area contributed by atoms with E-state index in [4.69, 9.17) is 4.74 Å². The summed E-state index contributed by atoms with van der Waals surface area (Å²) in [5, 5.41) is 9.33. The number of carbonyl (C=O) groups excluding carboxylic acids is 1. The number of hydrogen-bond donors (Lipinski definition) is 1. The summed E-state index contributed by atoms with van der Waals surface area (Å²) in [6.45, 7) is 2.00. The third kappa shape index (κ3) is 2.92. The van der Waals surface area contributed by atoms with Crippen molar-refractivity contribution in [3.8, 4) is 0 Å². The van der Waals surface area contributed by atoms with Gasteiger partial charge in [-0.05, 0) is 25.7 Å². The first kappa shape index (κ1) is 10.9. The Hall–Kier alpha value is -0.610. The predicted molar refractivity (Wildman–Crippen MR) is 55.4 cm³/mol. The van der Waals surface area contributed by atoms with Crippen LogP contribution in [0, 0.1) is 0 Å². The molecule has 2 rings (SSSR count). The quantitative estimate of drug-likeness (QED) is 0.728. The second-order valence-electron chi connectivity index (χ2n) is 4.47. The van der Waals surface area contributed by atoms with Gasteiger partial charge in [0, 0.05) is 19.7 Å². The zero-order valence-corrected chi connectivity index (χ0v) is 9.02. The standard InChI is InChI=1S/C11H19NO3/c13-9-4-5-12(8-9)11(14)7-10-3-1-2-6-15-10/h9-10,13H,1-8H2/t9-,10?/m0/s1. The molecule has 0 radical (unpaired) electrons. The van der Waals surface area contributed by atoms with Crippen LogP contribution in [-0.2, 0) is 9.53 Å². The number of aliphatic hydroxyl groups is 1. The molecule has 86 valence electrons. The van der Waals surface area contributed by atoms with Crippen molar-refractivity contribution in [2.75, 3.05) is 19.7 Å². The van der Waals surface area contributed by atoms with Gasteiger partial charge in [0.1, 0.15) is 0 Å². The summed E-state index contributed by atoms with van der Waals surface area (Å²) in [5.41, 5.74) is 0. The first-order valence-electron chi connectivity index (χ1n) is 5.83. The molecule has 2 atom stereocenters. The summed E-state index contributed by atoms with van der Waals surface area (Å²) in [4.78, 5) is 13.5. The lowest BCUT2D eigenvalue weighted by atomic mass is 10.1. The van der Waals surface area contributed by atoms with Gasteiger partial charge in [0.2, 0.25) is 5.91 Å². The number of likely N-dealkylation sites (tertiary alicyclic amines) is 1. The molecule has 2 fully saturated rings. The van der Waals surface area contributed by atoms with E-state index in [-0.39, 0.29) is 18.1 Å². The van der Waals surface area contributed by atoms with Gasteiger partial charge < -0.3 is 14.7 Å². The molecule has 2 heterocycles. The van der Waals surface area contributed by atoms with Gasteiger partial charge in [0.05, 0.1) is 18.6 Å². The number of β-amino-alcohol motifs (C(OH)–C–C–N with tert-alkyl or cyclic N) is 1. The Morgan fingerprint density at radius 2 is 2.27 bits per heavy atom. The van der Waals surface area contributed by atoms with E-state index in [0.29, 0.717) is 19.5 Å². The van der Waals surface area contributed by atoms with E-state index in [9.17, 15) is 9.90 Å². The molecular formula is C11H19NO3. The van der Waals surface area contributed by atoms with E-state index < -0.39 is 0 Å². The Labute approximate surface area is 90.2 Å². The van der Waals surface area contributed by atoms with Gasteiger partial charge in [0.15, 0.2) is 0 Å². The average Bonchev–Trinajstić information content (AvgIpc) is 2.66. The molecule has 0 aliphatic carbocycles. The van der Waals surface area contributed by atoms with Crippen LogP contribution in [0.1, 0.15) is 32.1 Å². The number of carbonyl (C=O) groups is 1. The number of amides is 1. The molecule has 4 heteroatoms. The van der Waals surface area contributed by atoms with E-state index in [1.165, 1.54) is 6.42 Å². The van der Waals surface area contributed by atoms with E-state index in [1.54, 1.807) is 4.90 Å². The fourth-order valence-electron chi connectivity index (χ4n) is 2.26. The summed E-state index contributed by atoms with van der Waals surface area (Å²) in [5.74, 6) is 0.137. The minimum atomic E-state index is -0.318. The van der Waals surface area contributed by atoms with Gasteiger partial charge in [-0.3, -0.25) is 4.79 Å². The van der Waals surface area contributed by atoms with Crippen molar-refractivity contribution in [1.82, 2.24) is 4.90 Å². The molecule has 4 nitrogen and oxygen atoms in total. The van der Waals surface area contributed by atoms with E-state index >= 15 is 0 Å². The third-order valence-electron chi connectivity index (χ3n) is 3.19. The van der Waals surface area contributed by atoms with Gasteiger partial charge in [-0.25, -0.2) is 0 Å². The molecule has 0 aromatic carbocycles. The highest BCUT2D eigenvalue weighted by atomic mass is 16.5. The second kappa shape index (κ2) is 4.94. The normalized spacial score (nSPS) is 31.9. The van der Waals surface area contributed by atoms with Crippen molar-refractivity contribution in [2.45, 2.75) is 44.3 Å². The van der Waals surface area contributed by atoms with Crippen LogP contribution in [0.3, 0.4) is 0 Å². The van der Waals surface area contributed by atoms with Crippen molar-refractivity contribution < 1.29 is 14.6 Å². The van der Waals surface area contributed by atoms with Crippen molar-refractivity contribution in [3.63, 3.8) is 0 Å². The van der Waals surface area contributed by atoms with Crippen LogP contribution in [0.5, 0.6) is 0 Å². The SMILES string of the molecule is O=C(CC1CCCCO1)N1CC[C@H](O)C1. The molecule has 2 aliphatic rings. The zero-order valence-electron chi connectivity index (χ0n) is 9.02. The third-order valence-corrected chi connectivity index (χ3v) is 3.19. The van der Waals surface area contributed by atoms with E-state index in [0.717, 1.165) is 25.9 Å². The fraction of sp³-hybridized carbons (Fsp3) is 0.909. The summed E-state index contributed by atoms with van der Waals surface area (Å²) < 4.78 is 5.52. The Morgan fingerprint density at radius 1 is 1.40 bits per heavy atom. The summed E-state index contributed by atoms with van der Waals surface area (Å²) >= 11 is 0. The topological polar surface area (TPSA) is 49.8 Å². The Balaban J connectivity index is 1.76. The second-order valence-corrected chi connectivity index (χ2v) is 4.47. The van der Waals surface area contributed by atoms with Crippen LogP contribution >= 0.6 is 0 Å². The average molecular weight is 213 g/mol. The molecule has 0 aromatic heterocycles. The lowest BCUT2D eigenvalue weighted by Crippen LogP contribution is -2.33. The molecule has 15 heavy (non-hydrogen) atoms. The van der Waals surface area contributed by atoms with Crippen LogP contribution in [-0.4, -0.2) is 47.8 Å². The summed E-state index contributed by atoms with van der Waals surface area (Å²) in [6.07, 6.45) is 4.30. The minimum Gasteiger partial charge on any atom is -0.391 e. The highest BCUT2D eigenvalue weighted by molar-refractivity contribution is 5.77. The summed E-state index contributed by atoms with van der Waals surface area (Å²) in [7, 11) is 0. The number of rotatable bonds is 2. The minimum absolute atomic E-state index is 0.115. The van der Waals surface area contributed by atoms with Crippen LogP contribution in [0.15, 0.2) is 0 Å². The number of aliphatic hydroxyl groups excluding tert-OH is 1. The van der Waals surface area contributed by atoms with E-state index in [1.807, 2.05) is 0 Å². The molecule has 1 amide bonds. The Morgan fingerprint density at radius 3 is 2.87 bits per heavy atom. The molecular weight excluding hydrogens is 194 g/mol. The van der Waals surface area contributed by atoms with Crippen LogP contribution in [0.25, 0.3) is 0 Å². The first-order valence-corrected chi connectivity index (χ1v) is 5.83. The first-order chi connectivity index (χ1) is 7.25. The van der Waals surface area contributed by atoms with Crippen molar-refractivity contribution in [1.29, 1.82) is 0 Å². The lowest BCUT2D eigenvalue weighted by molar-refractivity contribution is -0.134. The number of nitrogens with zero attached hydrogens (tertiary/aromatic N) is 1. The van der Waals surface area contributed by atoms with Crippen molar-refractivity contribution in [3.05, 3.63) is 0 Å². The van der Waals surface area contributed by atoms with Gasteiger partial charge in [0.25, 0.3) is 0 Å². The molecule has 0 bridgehead atoms. The summed E-state index contributed by atoms with van der Waals surface area (Å²) in [6, 6.07) is 0. The molecule has 0 spiro atoms. The van der Waals surface area contributed by atoms with Gasteiger partial charge >= 0.3 is 0 Å². The molecule has 1 N–H and O–H groups in total.